The van der Waals surface area contributed by atoms with E-state index < -0.39 is 0 Å². The minimum absolute atomic E-state index is 0.00456. The van der Waals surface area contributed by atoms with E-state index >= 15 is 0 Å². The summed E-state index contributed by atoms with van der Waals surface area (Å²) in [5.41, 5.74) is 0. The van der Waals surface area contributed by atoms with Crippen molar-refractivity contribution in [2.45, 2.75) is 20.3 Å². The molecule has 6 nitrogen and oxygen atoms in total. The molecule has 2 aromatic rings. The van der Waals surface area contributed by atoms with Crippen molar-refractivity contribution < 1.29 is 14.3 Å². The first kappa shape index (κ1) is 21.1. The second-order valence-corrected chi connectivity index (χ2v) is 7.37. The first-order chi connectivity index (χ1) is 14.1. The third kappa shape index (κ3) is 5.70. The molecule has 0 spiro atoms. The summed E-state index contributed by atoms with van der Waals surface area (Å²) in [5, 5.41) is 2.25. The highest BCUT2D eigenvalue weighted by Crippen LogP contribution is 2.20. The number of amides is 2. The van der Waals surface area contributed by atoms with Crippen LogP contribution < -0.4 is 4.74 Å². The maximum absolute atomic E-state index is 12.6. The van der Waals surface area contributed by atoms with Gasteiger partial charge in [-0.25, -0.2) is 0 Å². The van der Waals surface area contributed by atoms with Gasteiger partial charge in [-0.05, 0) is 43.2 Å². The van der Waals surface area contributed by atoms with E-state index in [1.165, 1.54) is 0 Å². The first-order valence-electron chi connectivity index (χ1n) is 10.5. The summed E-state index contributed by atoms with van der Waals surface area (Å²) in [6.07, 6.45) is 0.868. The molecule has 0 unspecified atom stereocenters. The van der Waals surface area contributed by atoms with Crippen molar-refractivity contribution in [3.05, 3.63) is 42.5 Å². The second-order valence-electron chi connectivity index (χ2n) is 7.37. The Kier molecular flexibility index (Phi) is 7.47. The van der Waals surface area contributed by atoms with E-state index in [0.717, 1.165) is 36.8 Å². The van der Waals surface area contributed by atoms with Crippen LogP contribution in [0.15, 0.2) is 42.5 Å². The average molecular weight is 398 g/mol. The van der Waals surface area contributed by atoms with Gasteiger partial charge in [0.05, 0.1) is 6.54 Å². The largest absolute Gasteiger partial charge is 0.484 e. The SMILES string of the molecule is CCN(CC)C(=O)CN1CCCN(C(=O)COc2ccc3ccccc3c2)CC1. The van der Waals surface area contributed by atoms with E-state index in [1.807, 2.05) is 60.0 Å². The number of rotatable bonds is 7. The van der Waals surface area contributed by atoms with E-state index in [4.69, 9.17) is 4.74 Å². The predicted octanol–water partition coefficient (Wildman–Crippen LogP) is 2.62. The number of ether oxygens (including phenoxy) is 1. The highest BCUT2D eigenvalue weighted by Gasteiger charge is 2.22. The van der Waals surface area contributed by atoms with E-state index in [1.54, 1.807) is 0 Å². The van der Waals surface area contributed by atoms with Crippen molar-refractivity contribution in [1.29, 1.82) is 0 Å². The van der Waals surface area contributed by atoms with Gasteiger partial charge < -0.3 is 14.5 Å². The fourth-order valence-corrected chi connectivity index (χ4v) is 3.74. The molecule has 0 saturated carbocycles. The average Bonchev–Trinajstić information content (AvgIpc) is 2.98. The number of nitrogens with zero attached hydrogens (tertiary/aromatic N) is 3. The van der Waals surface area contributed by atoms with Crippen molar-refractivity contribution in [3.63, 3.8) is 0 Å². The van der Waals surface area contributed by atoms with Crippen LogP contribution in [-0.4, -0.2) is 78.9 Å². The van der Waals surface area contributed by atoms with Gasteiger partial charge >= 0.3 is 0 Å². The quantitative estimate of drug-likeness (QED) is 0.721. The summed E-state index contributed by atoms with van der Waals surface area (Å²) < 4.78 is 5.76. The van der Waals surface area contributed by atoms with Crippen LogP contribution in [0.25, 0.3) is 10.8 Å². The number of carbonyl (C=O) groups is 2. The normalized spacial score (nSPS) is 15.2. The summed E-state index contributed by atoms with van der Waals surface area (Å²) in [7, 11) is 0. The summed E-state index contributed by atoms with van der Waals surface area (Å²) in [4.78, 5) is 30.8. The number of hydrogen-bond acceptors (Lipinski definition) is 4. The molecule has 0 aliphatic carbocycles. The maximum Gasteiger partial charge on any atom is 0.260 e. The number of likely N-dealkylation sites (N-methyl/N-ethyl adjacent to an activating group) is 1. The topological polar surface area (TPSA) is 53.1 Å². The molecule has 2 aromatic carbocycles. The predicted molar refractivity (Wildman–Crippen MR) is 115 cm³/mol. The molecule has 29 heavy (non-hydrogen) atoms. The van der Waals surface area contributed by atoms with Crippen LogP contribution in [0.3, 0.4) is 0 Å². The van der Waals surface area contributed by atoms with Gasteiger partial charge in [-0.2, -0.15) is 0 Å². The molecule has 1 saturated heterocycles. The fourth-order valence-electron chi connectivity index (χ4n) is 3.74. The zero-order valence-electron chi connectivity index (χ0n) is 17.5. The van der Waals surface area contributed by atoms with E-state index in [9.17, 15) is 9.59 Å². The molecule has 0 N–H and O–H groups in total. The van der Waals surface area contributed by atoms with Gasteiger partial charge in [0.15, 0.2) is 6.61 Å². The zero-order valence-corrected chi connectivity index (χ0v) is 17.5. The molecule has 0 radical (unpaired) electrons. The number of fused-ring (bicyclic) bond motifs is 1. The van der Waals surface area contributed by atoms with Gasteiger partial charge in [0, 0.05) is 39.3 Å². The van der Waals surface area contributed by atoms with Crippen molar-refractivity contribution in [2.24, 2.45) is 0 Å². The zero-order chi connectivity index (χ0) is 20.6. The lowest BCUT2D eigenvalue weighted by atomic mass is 10.1. The molecule has 1 aliphatic heterocycles. The molecule has 1 aliphatic rings. The molecule has 2 amide bonds. The molecular weight excluding hydrogens is 366 g/mol. The van der Waals surface area contributed by atoms with Gasteiger partial charge in [0.2, 0.25) is 5.91 Å². The first-order valence-corrected chi connectivity index (χ1v) is 10.5. The van der Waals surface area contributed by atoms with Crippen molar-refractivity contribution >= 4 is 22.6 Å². The van der Waals surface area contributed by atoms with Crippen molar-refractivity contribution in [3.8, 4) is 5.75 Å². The highest BCUT2D eigenvalue weighted by atomic mass is 16.5. The molecule has 0 atom stereocenters. The summed E-state index contributed by atoms with van der Waals surface area (Å²) >= 11 is 0. The minimum atomic E-state index is -0.00456. The van der Waals surface area contributed by atoms with Crippen LogP contribution in [0.4, 0.5) is 0 Å². The molecule has 0 bridgehead atoms. The number of carbonyl (C=O) groups excluding carboxylic acids is 2. The Hall–Kier alpha value is -2.60. The van der Waals surface area contributed by atoms with E-state index in [-0.39, 0.29) is 18.4 Å². The lowest BCUT2D eigenvalue weighted by molar-refractivity contribution is -0.133. The Morgan fingerprint density at radius 2 is 1.72 bits per heavy atom. The molecule has 1 fully saturated rings. The Bertz CT molecular complexity index is 835. The molecule has 6 heteroatoms. The van der Waals surface area contributed by atoms with Gasteiger partial charge in [0.1, 0.15) is 5.75 Å². The Morgan fingerprint density at radius 1 is 0.966 bits per heavy atom. The molecule has 156 valence electrons. The van der Waals surface area contributed by atoms with Gasteiger partial charge in [-0.3, -0.25) is 14.5 Å². The van der Waals surface area contributed by atoms with Crippen LogP contribution >= 0.6 is 0 Å². The summed E-state index contributed by atoms with van der Waals surface area (Å²) in [6.45, 7) is 8.83. The Labute approximate surface area is 173 Å². The standard InChI is InChI=1S/C23H31N3O3/c1-3-25(4-2)22(27)17-24-12-7-13-26(15-14-24)23(28)18-29-21-11-10-19-8-5-6-9-20(19)16-21/h5-6,8-11,16H,3-4,7,12-15,17-18H2,1-2H3. The highest BCUT2D eigenvalue weighted by molar-refractivity contribution is 5.84. The van der Waals surface area contributed by atoms with Gasteiger partial charge in [-0.1, -0.05) is 30.3 Å². The second kappa shape index (κ2) is 10.3. The van der Waals surface area contributed by atoms with E-state index in [0.29, 0.717) is 31.9 Å². The Morgan fingerprint density at radius 3 is 2.48 bits per heavy atom. The molecule has 1 heterocycles. The van der Waals surface area contributed by atoms with Crippen LogP contribution in [0.2, 0.25) is 0 Å². The minimum Gasteiger partial charge on any atom is -0.484 e. The third-order valence-corrected chi connectivity index (χ3v) is 5.50. The maximum atomic E-state index is 12.6. The van der Waals surface area contributed by atoms with Gasteiger partial charge in [-0.15, -0.1) is 0 Å². The number of hydrogen-bond donors (Lipinski definition) is 0. The van der Waals surface area contributed by atoms with Gasteiger partial charge in [0.25, 0.3) is 5.91 Å². The smallest absolute Gasteiger partial charge is 0.260 e. The lowest BCUT2D eigenvalue weighted by Crippen LogP contribution is -2.42. The van der Waals surface area contributed by atoms with Crippen LogP contribution in [0, 0.1) is 0 Å². The number of benzene rings is 2. The van der Waals surface area contributed by atoms with Crippen LogP contribution in [0.5, 0.6) is 5.75 Å². The van der Waals surface area contributed by atoms with E-state index in [2.05, 4.69) is 11.0 Å². The van der Waals surface area contributed by atoms with Crippen LogP contribution in [-0.2, 0) is 9.59 Å². The molecule has 3 rings (SSSR count). The fraction of sp³-hybridized carbons (Fsp3) is 0.478. The monoisotopic (exact) mass is 397 g/mol. The molecule has 0 aromatic heterocycles. The molecular formula is C23H31N3O3. The summed E-state index contributed by atoms with van der Waals surface area (Å²) in [6, 6.07) is 14.0. The lowest BCUT2D eigenvalue weighted by Gasteiger charge is -2.25. The third-order valence-electron chi connectivity index (χ3n) is 5.50. The van der Waals surface area contributed by atoms with Crippen molar-refractivity contribution in [2.75, 3.05) is 52.4 Å². The Balaban J connectivity index is 1.49. The van der Waals surface area contributed by atoms with Crippen molar-refractivity contribution in [1.82, 2.24) is 14.7 Å². The summed E-state index contributed by atoms with van der Waals surface area (Å²) in [5.74, 6) is 0.864. The van der Waals surface area contributed by atoms with Crippen LogP contribution in [0.1, 0.15) is 20.3 Å².